The lowest BCUT2D eigenvalue weighted by Gasteiger charge is -2.08. The van der Waals surface area contributed by atoms with E-state index in [9.17, 15) is 14.9 Å². The number of nitrogens with zero attached hydrogens (tertiary/aromatic N) is 4. The summed E-state index contributed by atoms with van der Waals surface area (Å²) in [5, 5.41) is 17.9. The van der Waals surface area contributed by atoms with Crippen LogP contribution in [-0.4, -0.2) is 20.8 Å². The van der Waals surface area contributed by atoms with Gasteiger partial charge < -0.3 is 9.15 Å². The van der Waals surface area contributed by atoms with E-state index in [1.807, 2.05) is 24.3 Å². The summed E-state index contributed by atoms with van der Waals surface area (Å²) < 4.78 is 13.8. The first-order valence-corrected chi connectivity index (χ1v) is 13.4. The summed E-state index contributed by atoms with van der Waals surface area (Å²) in [7, 11) is 0. The maximum Gasteiger partial charge on any atom is 0.311 e. The minimum absolute atomic E-state index is 0.112. The molecule has 0 fully saturated rings. The molecule has 0 aliphatic heterocycles. The molecule has 2 aromatic heterocycles. The lowest BCUT2D eigenvalue weighted by Crippen LogP contribution is -2.20. The van der Waals surface area contributed by atoms with Crippen LogP contribution in [0, 0.1) is 10.1 Å². The fourth-order valence-electron chi connectivity index (χ4n) is 4.26. The van der Waals surface area contributed by atoms with Crippen LogP contribution in [0.3, 0.4) is 0 Å². The van der Waals surface area contributed by atoms with E-state index in [0.29, 0.717) is 32.8 Å². The number of nitro groups is 1. The van der Waals surface area contributed by atoms with Crippen LogP contribution < -0.4 is 10.3 Å². The molecule has 0 radical (unpaired) electrons. The number of benzene rings is 4. The first-order valence-electron chi connectivity index (χ1n) is 12.3. The van der Waals surface area contributed by atoms with E-state index in [0.717, 1.165) is 20.1 Å². The Kier molecular flexibility index (Phi) is 7.08. The second-order valence-corrected chi connectivity index (χ2v) is 10.4. The zero-order chi connectivity index (χ0) is 28.5. The highest BCUT2D eigenvalue weighted by atomic mass is 79.9. The standard InChI is InChI=1S/C30H18BrClN4O5/c31-21-8-5-18(6-9-21)17-40-27-11-7-19(13-25(27)36(38)39)16-33-35-29(34-24-4-2-1-3-23(24)30(35)37)28-15-20-14-22(32)10-12-26(20)41-28/h1-16H,17H2. The number of rotatable bonds is 7. The molecule has 9 nitrogen and oxygen atoms in total. The van der Waals surface area contributed by atoms with Crippen LogP contribution in [-0.2, 0) is 6.61 Å². The van der Waals surface area contributed by atoms with Gasteiger partial charge in [0.15, 0.2) is 11.5 Å². The zero-order valence-electron chi connectivity index (χ0n) is 21.0. The van der Waals surface area contributed by atoms with Crippen molar-refractivity contribution in [1.82, 2.24) is 9.66 Å². The van der Waals surface area contributed by atoms with Crippen LogP contribution in [0.25, 0.3) is 33.5 Å². The summed E-state index contributed by atoms with van der Waals surface area (Å²) in [6, 6.07) is 25.7. The van der Waals surface area contributed by atoms with Crippen molar-refractivity contribution < 1.29 is 14.1 Å². The van der Waals surface area contributed by atoms with E-state index in [4.69, 9.17) is 20.8 Å². The van der Waals surface area contributed by atoms with Gasteiger partial charge in [-0.1, -0.05) is 51.8 Å². The lowest BCUT2D eigenvalue weighted by molar-refractivity contribution is -0.385. The summed E-state index contributed by atoms with van der Waals surface area (Å²) >= 11 is 9.51. The molecule has 0 spiro atoms. The highest BCUT2D eigenvalue weighted by Crippen LogP contribution is 2.30. The second kappa shape index (κ2) is 11.0. The number of para-hydroxylation sites is 1. The number of hydrogen-bond donors (Lipinski definition) is 0. The van der Waals surface area contributed by atoms with E-state index in [-0.39, 0.29) is 23.9 Å². The number of hydrogen-bond acceptors (Lipinski definition) is 7. The Balaban J connectivity index is 1.38. The highest BCUT2D eigenvalue weighted by molar-refractivity contribution is 9.10. The molecule has 41 heavy (non-hydrogen) atoms. The minimum atomic E-state index is -0.525. The van der Waals surface area contributed by atoms with Gasteiger partial charge in [0.05, 0.1) is 22.0 Å². The Hall–Kier alpha value is -4.80. The summed E-state index contributed by atoms with van der Waals surface area (Å²) in [5.41, 5.74) is 1.62. The second-order valence-electron chi connectivity index (χ2n) is 9.01. The van der Waals surface area contributed by atoms with Crippen molar-refractivity contribution >= 4 is 61.3 Å². The number of furan rings is 1. The first kappa shape index (κ1) is 26.4. The molecule has 0 aliphatic carbocycles. The normalized spacial score (nSPS) is 11.5. The van der Waals surface area contributed by atoms with Gasteiger partial charge in [-0.25, -0.2) is 4.98 Å². The molecule has 0 saturated heterocycles. The van der Waals surface area contributed by atoms with Crippen LogP contribution in [0.15, 0.2) is 110 Å². The molecule has 4 aromatic carbocycles. The van der Waals surface area contributed by atoms with Gasteiger partial charge in [0.1, 0.15) is 12.2 Å². The summed E-state index contributed by atoms with van der Waals surface area (Å²) in [4.78, 5) is 29.5. The summed E-state index contributed by atoms with van der Waals surface area (Å²) in [6.07, 6.45) is 1.35. The van der Waals surface area contributed by atoms with E-state index < -0.39 is 10.5 Å². The molecule has 2 heterocycles. The average Bonchev–Trinajstić information content (AvgIpc) is 3.39. The quantitative estimate of drug-likeness (QED) is 0.102. The average molecular weight is 630 g/mol. The molecule has 6 rings (SSSR count). The van der Waals surface area contributed by atoms with Crippen LogP contribution >= 0.6 is 27.5 Å². The molecular formula is C30H18BrClN4O5. The van der Waals surface area contributed by atoms with Crippen LogP contribution in [0.5, 0.6) is 5.75 Å². The Morgan fingerprint density at radius 2 is 1.85 bits per heavy atom. The van der Waals surface area contributed by atoms with Gasteiger partial charge in [-0.05, 0) is 66.2 Å². The predicted molar refractivity (Wildman–Crippen MR) is 161 cm³/mol. The van der Waals surface area contributed by atoms with Crippen molar-refractivity contribution in [3.8, 4) is 17.3 Å². The molecular weight excluding hydrogens is 612 g/mol. The molecule has 202 valence electrons. The molecule has 0 amide bonds. The van der Waals surface area contributed by atoms with Gasteiger partial charge in [-0.3, -0.25) is 14.9 Å². The first-order chi connectivity index (χ1) is 19.9. The van der Waals surface area contributed by atoms with Crippen LogP contribution in [0.2, 0.25) is 5.02 Å². The number of halogens is 2. The van der Waals surface area contributed by atoms with Crippen LogP contribution in [0.1, 0.15) is 11.1 Å². The summed E-state index contributed by atoms with van der Waals surface area (Å²) in [5.74, 6) is 0.590. The molecule has 0 unspecified atom stereocenters. The van der Waals surface area contributed by atoms with Crippen molar-refractivity contribution in [3.63, 3.8) is 0 Å². The lowest BCUT2D eigenvalue weighted by atomic mass is 10.2. The summed E-state index contributed by atoms with van der Waals surface area (Å²) in [6.45, 7) is 0.159. The number of nitro benzene ring substituents is 1. The van der Waals surface area contributed by atoms with Gasteiger partial charge in [-0.15, -0.1) is 0 Å². The van der Waals surface area contributed by atoms with Crippen molar-refractivity contribution in [2.24, 2.45) is 5.10 Å². The fourth-order valence-corrected chi connectivity index (χ4v) is 4.71. The number of aromatic nitrogens is 2. The highest BCUT2D eigenvalue weighted by Gasteiger charge is 2.18. The third-order valence-corrected chi connectivity index (χ3v) is 7.03. The van der Waals surface area contributed by atoms with Gasteiger partial charge in [0.25, 0.3) is 5.56 Å². The largest absolute Gasteiger partial charge is 0.482 e. The molecule has 11 heteroatoms. The van der Waals surface area contributed by atoms with E-state index in [1.165, 1.54) is 18.3 Å². The van der Waals surface area contributed by atoms with E-state index in [1.54, 1.807) is 54.6 Å². The fraction of sp³-hybridized carbons (Fsp3) is 0.0333. The van der Waals surface area contributed by atoms with Gasteiger partial charge in [-0.2, -0.15) is 9.78 Å². The smallest absolute Gasteiger partial charge is 0.311 e. The minimum Gasteiger partial charge on any atom is -0.482 e. The molecule has 0 saturated carbocycles. The zero-order valence-corrected chi connectivity index (χ0v) is 23.4. The predicted octanol–water partition coefficient (Wildman–Crippen LogP) is 7.60. The number of fused-ring (bicyclic) bond motifs is 2. The van der Waals surface area contributed by atoms with Crippen LogP contribution in [0.4, 0.5) is 5.69 Å². The third-order valence-electron chi connectivity index (χ3n) is 6.26. The monoisotopic (exact) mass is 628 g/mol. The Morgan fingerprint density at radius 1 is 1.05 bits per heavy atom. The Bertz CT molecular complexity index is 2040. The Labute approximate surface area is 245 Å². The Morgan fingerprint density at radius 3 is 2.66 bits per heavy atom. The third kappa shape index (κ3) is 5.47. The van der Waals surface area contributed by atoms with Gasteiger partial charge >= 0.3 is 5.69 Å². The molecule has 0 bridgehead atoms. The van der Waals surface area contributed by atoms with Crippen molar-refractivity contribution in [2.75, 3.05) is 0 Å². The van der Waals surface area contributed by atoms with Gasteiger partial charge in [0, 0.05) is 26.5 Å². The maximum absolute atomic E-state index is 13.5. The maximum atomic E-state index is 13.5. The van der Waals surface area contributed by atoms with Crippen molar-refractivity contribution in [3.05, 3.63) is 132 Å². The topological polar surface area (TPSA) is 113 Å². The van der Waals surface area contributed by atoms with E-state index in [2.05, 4.69) is 26.0 Å². The van der Waals surface area contributed by atoms with Gasteiger partial charge in [0.2, 0.25) is 5.82 Å². The molecule has 0 aliphatic rings. The van der Waals surface area contributed by atoms with Crippen molar-refractivity contribution in [2.45, 2.75) is 6.61 Å². The number of ether oxygens (including phenoxy) is 1. The van der Waals surface area contributed by atoms with E-state index >= 15 is 0 Å². The van der Waals surface area contributed by atoms with Crippen molar-refractivity contribution in [1.29, 1.82) is 0 Å². The molecule has 0 N–H and O–H groups in total. The molecule has 0 atom stereocenters. The molecule has 6 aromatic rings. The SMILES string of the molecule is O=c1c2ccccc2nc(-c2cc3cc(Cl)ccc3o2)n1N=Cc1ccc(OCc2ccc(Br)cc2)c([N+](=O)[O-])c1.